The number of aliphatic carboxylic acids is 1. The molecule has 0 saturated carbocycles. The second kappa shape index (κ2) is 6.59. The van der Waals surface area contributed by atoms with Gasteiger partial charge in [-0.15, -0.1) is 0 Å². The normalized spacial score (nSPS) is 12.3. The van der Waals surface area contributed by atoms with Crippen molar-refractivity contribution in [2.45, 2.75) is 45.8 Å². The van der Waals surface area contributed by atoms with Gasteiger partial charge in [-0.2, -0.15) is 18.3 Å². The molecule has 1 amide bonds. The predicted molar refractivity (Wildman–Crippen MR) is 76.1 cm³/mol. The smallest absolute Gasteiger partial charge is 0.433 e. The third-order valence-corrected chi connectivity index (χ3v) is 3.17. The van der Waals surface area contributed by atoms with Crippen LogP contribution >= 0.6 is 0 Å². The van der Waals surface area contributed by atoms with E-state index in [1.165, 1.54) is 0 Å². The Morgan fingerprint density at radius 2 is 1.87 bits per heavy atom. The van der Waals surface area contributed by atoms with Gasteiger partial charge in [0, 0.05) is 13.1 Å². The fraction of sp³-hybridized carbons (Fsp3) is 0.643. The first-order valence-corrected chi connectivity index (χ1v) is 7.06. The Labute approximate surface area is 131 Å². The van der Waals surface area contributed by atoms with Crippen molar-refractivity contribution in [3.05, 3.63) is 17.5 Å². The van der Waals surface area contributed by atoms with Crippen LogP contribution in [0.2, 0.25) is 0 Å². The third kappa shape index (κ3) is 4.46. The van der Waals surface area contributed by atoms with E-state index >= 15 is 0 Å². The number of hydrogen-bond acceptors (Lipinski definition) is 3. The highest BCUT2D eigenvalue weighted by atomic mass is 19.4. The number of amides is 1. The number of carboxylic acid groups (broad SMARTS) is 1. The van der Waals surface area contributed by atoms with Gasteiger partial charge in [0.2, 0.25) is 0 Å². The summed E-state index contributed by atoms with van der Waals surface area (Å²) in [6.45, 7) is 6.15. The number of carbonyl (C=O) groups excluding carboxylic acids is 1. The van der Waals surface area contributed by atoms with Crippen molar-refractivity contribution >= 4 is 11.9 Å². The fourth-order valence-corrected chi connectivity index (χ4v) is 2.09. The molecule has 0 saturated heterocycles. The number of aromatic nitrogens is 2. The van der Waals surface area contributed by atoms with Crippen LogP contribution in [0.15, 0.2) is 6.20 Å². The van der Waals surface area contributed by atoms with Gasteiger partial charge < -0.3 is 10.0 Å². The molecule has 0 radical (unpaired) electrons. The van der Waals surface area contributed by atoms with E-state index in [9.17, 15) is 22.8 Å². The lowest BCUT2D eigenvalue weighted by Crippen LogP contribution is -2.35. The summed E-state index contributed by atoms with van der Waals surface area (Å²) in [5, 5.41) is 12.4. The summed E-state index contributed by atoms with van der Waals surface area (Å²) < 4.78 is 40.9. The minimum absolute atomic E-state index is 0.101. The van der Waals surface area contributed by atoms with Crippen LogP contribution in [0.25, 0.3) is 0 Å². The number of nitrogens with zero attached hydrogens (tertiary/aromatic N) is 3. The van der Waals surface area contributed by atoms with E-state index < -0.39 is 34.8 Å². The van der Waals surface area contributed by atoms with Gasteiger partial charge in [-0.25, -0.2) is 0 Å². The zero-order valence-electron chi connectivity index (χ0n) is 13.4. The molecule has 130 valence electrons. The largest absolute Gasteiger partial charge is 0.481 e. The molecule has 0 spiro atoms. The first-order chi connectivity index (χ1) is 10.4. The maximum absolute atomic E-state index is 13.4. The number of alkyl halides is 3. The highest BCUT2D eigenvalue weighted by Gasteiger charge is 2.43. The number of carbonyl (C=O) groups is 2. The SMILES string of the molecule is CCN(CCC(=O)O)C(=O)c1cnn(C(C)(C)C)c1C(F)(F)F. The molecule has 0 unspecified atom stereocenters. The van der Waals surface area contributed by atoms with Crippen molar-refractivity contribution in [2.75, 3.05) is 13.1 Å². The maximum Gasteiger partial charge on any atom is 0.433 e. The van der Waals surface area contributed by atoms with E-state index in [1.807, 2.05) is 0 Å². The highest BCUT2D eigenvalue weighted by molar-refractivity contribution is 5.95. The average Bonchev–Trinajstić information content (AvgIpc) is 2.83. The standard InChI is InChI=1S/C14H20F3N3O3/c1-5-19(7-6-10(21)22)12(23)9-8-18-20(13(2,3)4)11(9)14(15,16)17/h8H,5-7H2,1-4H3,(H,21,22). The molecule has 9 heteroatoms. The predicted octanol–water partition coefficient (Wildman–Crippen LogP) is 2.59. The summed E-state index contributed by atoms with van der Waals surface area (Å²) in [6, 6.07) is 0. The Balaban J connectivity index is 3.29. The lowest BCUT2D eigenvalue weighted by Gasteiger charge is -2.25. The Bertz CT molecular complexity index is 588. The highest BCUT2D eigenvalue weighted by Crippen LogP contribution is 2.35. The van der Waals surface area contributed by atoms with Gasteiger partial charge in [0.05, 0.1) is 23.7 Å². The van der Waals surface area contributed by atoms with Crippen molar-refractivity contribution in [1.82, 2.24) is 14.7 Å². The molecule has 0 aliphatic rings. The minimum Gasteiger partial charge on any atom is -0.481 e. The van der Waals surface area contributed by atoms with Crippen LogP contribution < -0.4 is 0 Å². The van der Waals surface area contributed by atoms with Crippen molar-refractivity contribution in [3.8, 4) is 0 Å². The second-order valence-electron chi connectivity index (χ2n) is 6.02. The zero-order valence-corrected chi connectivity index (χ0v) is 13.4. The molecule has 0 aromatic carbocycles. The molecule has 1 aromatic heterocycles. The Kier molecular flexibility index (Phi) is 5.44. The summed E-state index contributed by atoms with van der Waals surface area (Å²) in [7, 11) is 0. The van der Waals surface area contributed by atoms with Crippen molar-refractivity contribution in [2.24, 2.45) is 0 Å². The Hall–Kier alpha value is -2.06. The van der Waals surface area contributed by atoms with E-state index in [0.29, 0.717) is 0 Å². The van der Waals surface area contributed by atoms with Gasteiger partial charge in [-0.05, 0) is 27.7 Å². The number of halogens is 3. The molecule has 1 aromatic rings. The van der Waals surface area contributed by atoms with Crippen LogP contribution in [0.1, 0.15) is 50.2 Å². The molecular weight excluding hydrogens is 315 g/mol. The number of carboxylic acids is 1. The molecule has 6 nitrogen and oxygen atoms in total. The zero-order chi connectivity index (χ0) is 18.0. The van der Waals surface area contributed by atoms with E-state index in [2.05, 4.69) is 5.10 Å². The average molecular weight is 335 g/mol. The first kappa shape index (κ1) is 19.0. The molecule has 0 atom stereocenters. The summed E-state index contributed by atoms with van der Waals surface area (Å²) in [4.78, 5) is 24.0. The van der Waals surface area contributed by atoms with Crippen molar-refractivity contribution in [3.63, 3.8) is 0 Å². The van der Waals surface area contributed by atoms with Crippen LogP contribution in [0, 0.1) is 0 Å². The van der Waals surface area contributed by atoms with Gasteiger partial charge in [-0.1, -0.05) is 0 Å². The van der Waals surface area contributed by atoms with Gasteiger partial charge in [-0.3, -0.25) is 14.3 Å². The molecule has 1 rings (SSSR count). The van der Waals surface area contributed by atoms with Crippen LogP contribution in [-0.4, -0.2) is 44.8 Å². The van der Waals surface area contributed by atoms with Crippen LogP contribution in [0.4, 0.5) is 13.2 Å². The molecular formula is C14H20F3N3O3. The van der Waals surface area contributed by atoms with Crippen molar-refractivity contribution < 1.29 is 27.9 Å². The lowest BCUT2D eigenvalue weighted by molar-refractivity contribution is -0.146. The molecule has 23 heavy (non-hydrogen) atoms. The van der Waals surface area contributed by atoms with E-state index in [0.717, 1.165) is 15.8 Å². The molecule has 0 aliphatic carbocycles. The fourth-order valence-electron chi connectivity index (χ4n) is 2.09. The summed E-state index contributed by atoms with van der Waals surface area (Å²) in [6.07, 6.45) is -4.20. The van der Waals surface area contributed by atoms with Gasteiger partial charge in [0.15, 0.2) is 5.69 Å². The van der Waals surface area contributed by atoms with E-state index in [4.69, 9.17) is 5.11 Å². The third-order valence-electron chi connectivity index (χ3n) is 3.17. The molecule has 0 fully saturated rings. The Morgan fingerprint density at radius 3 is 2.26 bits per heavy atom. The number of rotatable bonds is 5. The second-order valence-corrected chi connectivity index (χ2v) is 6.02. The molecule has 1 N–H and O–H groups in total. The van der Waals surface area contributed by atoms with Gasteiger partial charge >= 0.3 is 12.1 Å². The maximum atomic E-state index is 13.4. The van der Waals surface area contributed by atoms with E-state index in [-0.39, 0.29) is 19.5 Å². The lowest BCUT2D eigenvalue weighted by atomic mass is 10.1. The topological polar surface area (TPSA) is 75.4 Å². The van der Waals surface area contributed by atoms with Crippen LogP contribution in [-0.2, 0) is 16.5 Å². The van der Waals surface area contributed by atoms with Crippen LogP contribution in [0.5, 0.6) is 0 Å². The quantitative estimate of drug-likeness (QED) is 0.897. The van der Waals surface area contributed by atoms with Crippen molar-refractivity contribution in [1.29, 1.82) is 0 Å². The van der Waals surface area contributed by atoms with Crippen LogP contribution in [0.3, 0.4) is 0 Å². The minimum atomic E-state index is -4.75. The summed E-state index contributed by atoms with van der Waals surface area (Å²) in [5.74, 6) is -2.01. The number of hydrogen-bond donors (Lipinski definition) is 1. The van der Waals surface area contributed by atoms with Gasteiger partial charge in [0.1, 0.15) is 0 Å². The van der Waals surface area contributed by atoms with Gasteiger partial charge in [0.25, 0.3) is 5.91 Å². The summed E-state index contributed by atoms with van der Waals surface area (Å²) >= 11 is 0. The Morgan fingerprint density at radius 1 is 1.30 bits per heavy atom. The monoisotopic (exact) mass is 335 g/mol. The first-order valence-electron chi connectivity index (χ1n) is 7.06. The molecule has 0 aliphatic heterocycles. The van der Waals surface area contributed by atoms with E-state index in [1.54, 1.807) is 27.7 Å². The summed E-state index contributed by atoms with van der Waals surface area (Å²) in [5.41, 5.74) is -2.65. The molecule has 0 bridgehead atoms. The molecule has 1 heterocycles.